The van der Waals surface area contributed by atoms with E-state index in [2.05, 4.69) is 49.0 Å². The van der Waals surface area contributed by atoms with Crippen molar-refractivity contribution in [2.24, 2.45) is 22.3 Å². The van der Waals surface area contributed by atoms with Crippen molar-refractivity contribution in [3.05, 3.63) is 0 Å². The third kappa shape index (κ3) is 9.20. The van der Waals surface area contributed by atoms with Gasteiger partial charge >= 0.3 is 0 Å². The number of nitrogens with one attached hydrogen (secondary N) is 2. The molecule has 0 aliphatic heterocycles. The van der Waals surface area contributed by atoms with E-state index in [1.165, 1.54) is 0 Å². The molecule has 72 valence electrons. The van der Waals surface area contributed by atoms with Crippen LogP contribution in [0.2, 0.25) is 0 Å². The van der Waals surface area contributed by atoms with Gasteiger partial charge in [-0.05, 0) is 11.8 Å². The first-order chi connectivity index (χ1) is 5.63. The van der Waals surface area contributed by atoms with E-state index in [0.717, 1.165) is 13.1 Å². The third-order valence-electron chi connectivity index (χ3n) is 1.19. The van der Waals surface area contributed by atoms with Crippen LogP contribution in [0, 0.1) is 11.8 Å². The number of hydrogen-bond acceptors (Lipinski definition) is 2. The van der Waals surface area contributed by atoms with Gasteiger partial charge in [-0.3, -0.25) is 10.9 Å². The van der Waals surface area contributed by atoms with Gasteiger partial charge in [0, 0.05) is 13.1 Å². The minimum atomic E-state index is 0.606. The van der Waals surface area contributed by atoms with Crippen LogP contribution in [-0.2, 0) is 0 Å². The van der Waals surface area contributed by atoms with Gasteiger partial charge in [-0.25, -0.2) is 0 Å². The largest absolute Gasteiger partial charge is 0.290 e. The van der Waals surface area contributed by atoms with Crippen LogP contribution in [-0.4, -0.2) is 13.1 Å². The molecule has 0 radical (unpaired) electrons. The summed E-state index contributed by atoms with van der Waals surface area (Å²) in [6, 6.07) is 0. The highest BCUT2D eigenvalue weighted by atomic mass is 15.5. The maximum absolute atomic E-state index is 3.75. The van der Waals surface area contributed by atoms with Crippen molar-refractivity contribution < 1.29 is 0 Å². The van der Waals surface area contributed by atoms with Crippen molar-refractivity contribution in [3.8, 4) is 0 Å². The number of hydrogen-bond donors (Lipinski definition) is 2. The van der Waals surface area contributed by atoms with Crippen LogP contribution in [0.5, 0.6) is 0 Å². The molecule has 4 nitrogen and oxygen atoms in total. The molecule has 0 amide bonds. The van der Waals surface area contributed by atoms with Gasteiger partial charge in [-0.2, -0.15) is 0 Å². The second-order valence-corrected chi connectivity index (χ2v) is 3.71. The second kappa shape index (κ2) is 6.88. The first kappa shape index (κ1) is 11.2. The molecule has 0 rings (SSSR count). The normalized spacial score (nSPS) is 11.5. The molecule has 0 atom stereocenters. The molecule has 12 heavy (non-hydrogen) atoms. The molecule has 0 aromatic heterocycles. The summed E-state index contributed by atoms with van der Waals surface area (Å²) in [6.45, 7) is 10.3. The summed E-state index contributed by atoms with van der Waals surface area (Å²) in [5.74, 6) is 1.21. The summed E-state index contributed by atoms with van der Waals surface area (Å²) in [4.78, 5) is 0. The van der Waals surface area contributed by atoms with Crippen molar-refractivity contribution in [1.29, 1.82) is 0 Å². The standard InChI is InChI=1S/C8H20N4/c1-7(2)5-9-11-12-10-6-8(3)4/h7-8H,5-6H2,1-4H3,(H,9,12)(H,10,11). The number of nitrogens with zero attached hydrogens (tertiary/aromatic N) is 2. The topological polar surface area (TPSA) is 48.8 Å². The fraction of sp³-hybridized carbons (Fsp3) is 1.00. The lowest BCUT2D eigenvalue weighted by Crippen LogP contribution is -2.16. The minimum absolute atomic E-state index is 0.606. The van der Waals surface area contributed by atoms with Crippen LogP contribution >= 0.6 is 0 Å². The van der Waals surface area contributed by atoms with E-state index >= 15 is 0 Å². The van der Waals surface area contributed by atoms with Gasteiger partial charge in [0.05, 0.1) is 0 Å². The molecule has 4 heteroatoms. The third-order valence-corrected chi connectivity index (χ3v) is 1.19. The molecule has 0 heterocycles. The highest BCUT2D eigenvalue weighted by Gasteiger charge is 1.90. The molecule has 0 fully saturated rings. The quantitative estimate of drug-likeness (QED) is 0.474. The molecular weight excluding hydrogens is 152 g/mol. The summed E-state index contributed by atoms with van der Waals surface area (Å²) < 4.78 is 0. The zero-order valence-electron chi connectivity index (χ0n) is 8.46. The predicted octanol–water partition coefficient (Wildman–Crippen LogP) is 1.76. The lowest BCUT2D eigenvalue weighted by atomic mass is 10.2. The Balaban J connectivity index is 3.15. The highest BCUT2D eigenvalue weighted by Crippen LogP contribution is 1.87. The first-order valence-electron chi connectivity index (χ1n) is 4.48. The maximum atomic E-state index is 3.75. The second-order valence-electron chi connectivity index (χ2n) is 3.71. The Bertz CT molecular complexity index is 106. The Morgan fingerprint density at radius 2 is 1.17 bits per heavy atom. The average molecular weight is 172 g/mol. The van der Waals surface area contributed by atoms with Gasteiger partial charge in [0.15, 0.2) is 0 Å². The van der Waals surface area contributed by atoms with Gasteiger partial charge in [0.1, 0.15) is 0 Å². The lowest BCUT2D eigenvalue weighted by Gasteiger charge is -2.03. The fourth-order valence-electron chi connectivity index (χ4n) is 0.518. The predicted molar refractivity (Wildman–Crippen MR) is 50.5 cm³/mol. The SMILES string of the molecule is CC(C)CNN=NNCC(C)C. The molecule has 0 aromatic carbocycles. The number of rotatable bonds is 6. The summed E-state index contributed by atoms with van der Waals surface area (Å²) in [6.07, 6.45) is 0. The van der Waals surface area contributed by atoms with E-state index < -0.39 is 0 Å². The molecular formula is C8H20N4. The zero-order chi connectivity index (χ0) is 9.40. The molecule has 0 saturated heterocycles. The Morgan fingerprint density at radius 1 is 0.833 bits per heavy atom. The van der Waals surface area contributed by atoms with Crippen molar-refractivity contribution in [2.75, 3.05) is 13.1 Å². The summed E-state index contributed by atoms with van der Waals surface area (Å²) in [7, 11) is 0. The van der Waals surface area contributed by atoms with Crippen LogP contribution in [0.1, 0.15) is 27.7 Å². The van der Waals surface area contributed by atoms with Crippen LogP contribution < -0.4 is 10.9 Å². The zero-order valence-corrected chi connectivity index (χ0v) is 8.46. The fourth-order valence-corrected chi connectivity index (χ4v) is 0.518. The smallest absolute Gasteiger partial charge is 0.0370 e. The Labute approximate surface area is 74.8 Å². The Morgan fingerprint density at radius 3 is 1.42 bits per heavy atom. The lowest BCUT2D eigenvalue weighted by molar-refractivity contribution is 0.503. The summed E-state index contributed by atoms with van der Waals surface area (Å²) >= 11 is 0. The van der Waals surface area contributed by atoms with E-state index in [0.29, 0.717) is 11.8 Å². The summed E-state index contributed by atoms with van der Waals surface area (Å²) in [5.41, 5.74) is 5.71. The molecule has 0 saturated carbocycles. The van der Waals surface area contributed by atoms with E-state index in [1.54, 1.807) is 0 Å². The highest BCUT2D eigenvalue weighted by molar-refractivity contribution is 4.45. The summed E-state index contributed by atoms with van der Waals surface area (Å²) in [5, 5.41) is 7.49. The molecule has 0 aliphatic carbocycles. The molecule has 0 unspecified atom stereocenters. The van der Waals surface area contributed by atoms with Gasteiger partial charge in [-0.15, -0.1) is 0 Å². The van der Waals surface area contributed by atoms with Crippen LogP contribution in [0.3, 0.4) is 0 Å². The van der Waals surface area contributed by atoms with Crippen LogP contribution in [0.25, 0.3) is 0 Å². The van der Waals surface area contributed by atoms with Crippen molar-refractivity contribution >= 4 is 0 Å². The Kier molecular flexibility index (Phi) is 6.42. The van der Waals surface area contributed by atoms with Crippen molar-refractivity contribution in [1.82, 2.24) is 10.9 Å². The molecule has 0 aromatic rings. The molecule has 2 N–H and O–H groups in total. The van der Waals surface area contributed by atoms with E-state index in [9.17, 15) is 0 Å². The van der Waals surface area contributed by atoms with Crippen molar-refractivity contribution in [2.45, 2.75) is 27.7 Å². The van der Waals surface area contributed by atoms with Crippen molar-refractivity contribution in [3.63, 3.8) is 0 Å². The minimum Gasteiger partial charge on any atom is -0.290 e. The molecule has 0 bridgehead atoms. The van der Waals surface area contributed by atoms with E-state index in [1.807, 2.05) is 0 Å². The first-order valence-corrected chi connectivity index (χ1v) is 4.48. The van der Waals surface area contributed by atoms with Gasteiger partial charge in [0.25, 0.3) is 0 Å². The molecule has 0 aliphatic rings. The maximum Gasteiger partial charge on any atom is 0.0370 e. The van der Waals surface area contributed by atoms with Crippen LogP contribution in [0.4, 0.5) is 0 Å². The van der Waals surface area contributed by atoms with E-state index in [4.69, 9.17) is 0 Å². The molecule has 0 spiro atoms. The monoisotopic (exact) mass is 172 g/mol. The average Bonchev–Trinajstić information content (AvgIpc) is 1.95. The van der Waals surface area contributed by atoms with Gasteiger partial charge in [0.2, 0.25) is 0 Å². The van der Waals surface area contributed by atoms with Crippen LogP contribution in [0.15, 0.2) is 10.4 Å². The van der Waals surface area contributed by atoms with Gasteiger partial charge in [-0.1, -0.05) is 38.1 Å². The van der Waals surface area contributed by atoms with E-state index in [-0.39, 0.29) is 0 Å². The Hall–Kier alpha value is -0.800. The van der Waals surface area contributed by atoms with Gasteiger partial charge < -0.3 is 0 Å².